The molecule has 0 spiro atoms. The van der Waals surface area contributed by atoms with Crippen LogP contribution in [0, 0.1) is 6.92 Å². The van der Waals surface area contributed by atoms with E-state index < -0.39 is 0 Å². The lowest BCUT2D eigenvalue weighted by Crippen LogP contribution is -2.49. The van der Waals surface area contributed by atoms with E-state index in [0.29, 0.717) is 37.4 Å². The van der Waals surface area contributed by atoms with Crippen molar-refractivity contribution in [1.82, 2.24) is 30.5 Å². The van der Waals surface area contributed by atoms with Crippen molar-refractivity contribution in [2.24, 2.45) is 0 Å². The minimum Gasteiger partial charge on any atom is -0.376 e. The molecule has 0 saturated carbocycles. The van der Waals surface area contributed by atoms with Crippen molar-refractivity contribution in [3.8, 4) is 5.69 Å². The number of benzene rings is 1. The molecule has 0 unspecified atom stereocenters. The van der Waals surface area contributed by atoms with Gasteiger partial charge in [-0.3, -0.25) is 4.79 Å². The zero-order chi connectivity index (χ0) is 22.9. The lowest BCUT2D eigenvalue weighted by Gasteiger charge is -2.33. The zero-order valence-corrected chi connectivity index (χ0v) is 19.3. The van der Waals surface area contributed by atoms with E-state index in [4.69, 9.17) is 4.74 Å². The fraction of sp³-hybridized carbons (Fsp3) is 0.565. The Morgan fingerprint density at radius 1 is 1.28 bits per heavy atom. The summed E-state index contributed by atoms with van der Waals surface area (Å²) in [7, 11) is 0. The summed E-state index contributed by atoms with van der Waals surface area (Å²) in [5, 5.41) is 14.4. The highest BCUT2D eigenvalue weighted by Crippen LogP contribution is 2.26. The fourth-order valence-electron chi connectivity index (χ4n) is 4.22. The van der Waals surface area contributed by atoms with Crippen molar-refractivity contribution in [3.05, 3.63) is 40.7 Å². The zero-order valence-electron chi connectivity index (χ0n) is 19.3. The number of rotatable bonds is 4. The minimum atomic E-state index is -0.280. The Morgan fingerprint density at radius 2 is 2.09 bits per heavy atom. The van der Waals surface area contributed by atoms with Crippen molar-refractivity contribution < 1.29 is 14.3 Å². The van der Waals surface area contributed by atoms with E-state index in [9.17, 15) is 9.59 Å². The number of urea groups is 1. The van der Waals surface area contributed by atoms with Crippen molar-refractivity contribution >= 4 is 11.9 Å². The van der Waals surface area contributed by atoms with Crippen LogP contribution in [-0.4, -0.2) is 63.2 Å². The highest BCUT2D eigenvalue weighted by Gasteiger charge is 2.27. The van der Waals surface area contributed by atoms with E-state index in [0.717, 1.165) is 36.3 Å². The highest BCUT2D eigenvalue weighted by atomic mass is 16.5. The number of carbonyl (C=O) groups excluding carboxylic acids is 2. The Hall–Kier alpha value is -2.94. The Bertz CT molecular complexity index is 1000. The van der Waals surface area contributed by atoms with Crippen LogP contribution in [0.5, 0.6) is 0 Å². The van der Waals surface area contributed by atoms with Gasteiger partial charge < -0.3 is 20.3 Å². The molecule has 9 heteroatoms. The van der Waals surface area contributed by atoms with Crippen molar-refractivity contribution in [1.29, 1.82) is 0 Å². The maximum absolute atomic E-state index is 12.7. The van der Waals surface area contributed by atoms with E-state index >= 15 is 0 Å². The molecular weight excluding hydrogens is 408 g/mol. The van der Waals surface area contributed by atoms with Gasteiger partial charge in [0.15, 0.2) is 5.69 Å². The van der Waals surface area contributed by atoms with E-state index in [-0.39, 0.29) is 23.6 Å². The lowest BCUT2D eigenvalue weighted by molar-refractivity contribution is 0.0853. The van der Waals surface area contributed by atoms with E-state index in [1.54, 1.807) is 4.68 Å². The summed E-state index contributed by atoms with van der Waals surface area (Å²) in [6, 6.07) is 5.92. The number of aromatic nitrogens is 3. The second-order valence-corrected chi connectivity index (χ2v) is 9.55. The lowest BCUT2D eigenvalue weighted by atomic mass is 9.97. The fourth-order valence-corrected chi connectivity index (χ4v) is 4.22. The Balaban J connectivity index is 1.50. The third kappa shape index (κ3) is 4.77. The van der Waals surface area contributed by atoms with Crippen LogP contribution < -0.4 is 10.6 Å². The predicted octanol–water partition coefficient (Wildman–Crippen LogP) is 2.35. The number of hydrogen-bond acceptors (Lipinski definition) is 5. The molecule has 2 aliphatic rings. The van der Waals surface area contributed by atoms with Gasteiger partial charge in [0, 0.05) is 31.8 Å². The molecule has 0 aliphatic carbocycles. The average Bonchev–Trinajstić information content (AvgIpc) is 3.39. The molecule has 1 aromatic heterocycles. The second kappa shape index (κ2) is 8.90. The van der Waals surface area contributed by atoms with E-state index in [1.165, 1.54) is 0 Å². The first-order chi connectivity index (χ1) is 15.2. The number of nitrogens with one attached hydrogen (secondary N) is 2. The third-order valence-electron chi connectivity index (χ3n) is 5.86. The predicted molar refractivity (Wildman–Crippen MR) is 120 cm³/mol. The first-order valence-electron chi connectivity index (χ1n) is 11.2. The summed E-state index contributed by atoms with van der Waals surface area (Å²) in [5.74, 6) is -0.237. The normalized spacial score (nSPS) is 18.4. The van der Waals surface area contributed by atoms with Gasteiger partial charge >= 0.3 is 6.03 Å². The molecule has 32 heavy (non-hydrogen) atoms. The van der Waals surface area contributed by atoms with Gasteiger partial charge in [0.25, 0.3) is 5.91 Å². The molecular formula is C23H32N6O3. The molecule has 1 atom stereocenters. The van der Waals surface area contributed by atoms with E-state index in [2.05, 4.69) is 20.9 Å². The average molecular weight is 441 g/mol. The van der Waals surface area contributed by atoms with Gasteiger partial charge in [0.05, 0.1) is 17.5 Å². The number of ether oxygens (including phenoxy) is 1. The maximum atomic E-state index is 12.7. The molecule has 9 nitrogen and oxygen atoms in total. The van der Waals surface area contributed by atoms with Crippen LogP contribution in [0.1, 0.15) is 60.9 Å². The SMILES string of the molecule is Cc1c(C(=O)NC[C@H]2CCCO2)nnn1-c1cccc2c1CCN(C(=O)NC(C)(C)C)C2. The van der Waals surface area contributed by atoms with E-state index in [1.807, 2.05) is 50.8 Å². The molecule has 1 fully saturated rings. The molecule has 1 saturated heterocycles. The molecule has 3 amide bonds. The summed E-state index contributed by atoms with van der Waals surface area (Å²) in [6.07, 6.45) is 2.79. The van der Waals surface area contributed by atoms with Crippen molar-refractivity contribution in [3.63, 3.8) is 0 Å². The smallest absolute Gasteiger partial charge is 0.318 e. The maximum Gasteiger partial charge on any atom is 0.318 e. The highest BCUT2D eigenvalue weighted by molar-refractivity contribution is 5.93. The first kappa shape index (κ1) is 22.3. The summed E-state index contributed by atoms with van der Waals surface area (Å²) in [5.41, 5.74) is 3.85. The molecule has 2 N–H and O–H groups in total. The van der Waals surface area contributed by atoms with Gasteiger partial charge in [0.1, 0.15) is 0 Å². The van der Waals surface area contributed by atoms with Gasteiger partial charge in [-0.05, 0) is 64.2 Å². The van der Waals surface area contributed by atoms with Crippen LogP contribution in [0.25, 0.3) is 5.69 Å². The largest absolute Gasteiger partial charge is 0.376 e. The summed E-state index contributed by atoms with van der Waals surface area (Å²) >= 11 is 0. The van der Waals surface area contributed by atoms with Crippen LogP contribution in [0.4, 0.5) is 4.79 Å². The topological polar surface area (TPSA) is 101 Å². The molecule has 2 aromatic rings. The van der Waals surface area contributed by atoms with Gasteiger partial charge in [-0.15, -0.1) is 5.10 Å². The van der Waals surface area contributed by atoms with Crippen molar-refractivity contribution in [2.45, 2.75) is 65.1 Å². The quantitative estimate of drug-likeness (QED) is 0.760. The first-order valence-corrected chi connectivity index (χ1v) is 11.2. The van der Waals surface area contributed by atoms with Gasteiger partial charge in [0.2, 0.25) is 0 Å². The minimum absolute atomic E-state index is 0.0595. The Kier molecular flexibility index (Phi) is 6.19. The van der Waals surface area contributed by atoms with Gasteiger partial charge in [-0.25, -0.2) is 9.48 Å². The van der Waals surface area contributed by atoms with Crippen LogP contribution in [-0.2, 0) is 17.7 Å². The standard InChI is InChI=1S/C23H32N6O3/c1-15-20(21(30)24-13-17-8-6-12-32-17)26-27-29(15)19-9-5-7-16-14-28(11-10-18(16)19)22(31)25-23(2,3)4/h5,7,9,17H,6,8,10-14H2,1-4H3,(H,24,30)(H,25,31)/t17-/m1/s1. The van der Waals surface area contributed by atoms with Crippen LogP contribution in [0.2, 0.25) is 0 Å². The monoisotopic (exact) mass is 440 g/mol. The molecule has 1 aromatic carbocycles. The molecule has 172 valence electrons. The number of amides is 3. The summed E-state index contributed by atoms with van der Waals surface area (Å²) in [6.45, 7) is 10.2. The number of carbonyl (C=O) groups is 2. The molecule has 0 bridgehead atoms. The third-order valence-corrected chi connectivity index (χ3v) is 5.86. The second-order valence-electron chi connectivity index (χ2n) is 9.55. The Labute approximate surface area is 188 Å². The van der Waals surface area contributed by atoms with Gasteiger partial charge in [-0.1, -0.05) is 17.3 Å². The van der Waals surface area contributed by atoms with Crippen LogP contribution >= 0.6 is 0 Å². The molecule has 3 heterocycles. The van der Waals surface area contributed by atoms with Crippen molar-refractivity contribution in [2.75, 3.05) is 19.7 Å². The molecule has 2 aliphatic heterocycles. The van der Waals surface area contributed by atoms with Gasteiger partial charge in [-0.2, -0.15) is 0 Å². The van der Waals surface area contributed by atoms with Crippen LogP contribution in [0.15, 0.2) is 18.2 Å². The Morgan fingerprint density at radius 3 is 2.81 bits per heavy atom. The van der Waals surface area contributed by atoms with Crippen LogP contribution in [0.3, 0.4) is 0 Å². The molecule has 4 rings (SSSR count). The number of hydrogen-bond donors (Lipinski definition) is 2. The number of nitrogens with zero attached hydrogens (tertiary/aromatic N) is 4. The summed E-state index contributed by atoms with van der Waals surface area (Å²) in [4.78, 5) is 27.1. The number of fused-ring (bicyclic) bond motifs is 1. The summed E-state index contributed by atoms with van der Waals surface area (Å²) < 4.78 is 7.30. The molecule has 0 radical (unpaired) electrons.